The molecule has 0 fully saturated rings. The average Bonchev–Trinajstić information content (AvgIpc) is 1.93. The van der Waals surface area contributed by atoms with Crippen molar-refractivity contribution in [1.82, 2.24) is 0 Å². The third kappa shape index (κ3) is 7.48. The zero-order chi connectivity index (χ0) is 6.95. The molecule has 0 aliphatic heterocycles. The third-order valence-electron chi connectivity index (χ3n) is 0.878. The van der Waals surface area contributed by atoms with Crippen LogP contribution in [0.5, 0.6) is 0 Å². The van der Waals surface area contributed by atoms with E-state index in [1.807, 2.05) is 0 Å². The monoisotopic (exact) mass is 124 g/mol. The second-order valence-electron chi connectivity index (χ2n) is 2.12. The lowest BCUT2D eigenvalue weighted by atomic mass is 10.2. The largest absolute Gasteiger partial charge is 0.0844 e. The molecule has 0 atom stereocenters. The van der Waals surface area contributed by atoms with Gasteiger partial charge in [-0.05, 0) is 12.8 Å². The Kier molecular flexibility index (Phi) is 7.05. The van der Waals surface area contributed by atoms with Crippen molar-refractivity contribution in [3.05, 3.63) is 24.3 Å². The SMILES string of the molecule is C1=CCC=CC1.CCC. The van der Waals surface area contributed by atoms with E-state index in [0.29, 0.717) is 0 Å². The van der Waals surface area contributed by atoms with Crippen molar-refractivity contribution in [3.63, 3.8) is 0 Å². The van der Waals surface area contributed by atoms with Crippen molar-refractivity contribution in [2.75, 3.05) is 0 Å². The summed E-state index contributed by atoms with van der Waals surface area (Å²) in [6.07, 6.45) is 12.2. The molecule has 0 heterocycles. The van der Waals surface area contributed by atoms with Gasteiger partial charge in [-0.3, -0.25) is 0 Å². The van der Waals surface area contributed by atoms with Gasteiger partial charge in [-0.25, -0.2) is 0 Å². The lowest BCUT2D eigenvalue weighted by Gasteiger charge is -1.87. The number of allylic oxidation sites excluding steroid dienone is 4. The predicted molar refractivity (Wildman–Crippen MR) is 43.5 cm³/mol. The molecular weight excluding hydrogens is 108 g/mol. The van der Waals surface area contributed by atoms with Crippen LogP contribution >= 0.6 is 0 Å². The number of hydrogen-bond donors (Lipinski definition) is 0. The van der Waals surface area contributed by atoms with E-state index < -0.39 is 0 Å². The fraction of sp³-hybridized carbons (Fsp3) is 0.556. The molecule has 0 aromatic heterocycles. The summed E-state index contributed by atoms with van der Waals surface area (Å²) in [5.41, 5.74) is 0. The molecule has 0 unspecified atom stereocenters. The Hall–Kier alpha value is -0.520. The Labute approximate surface area is 58.3 Å². The molecule has 0 saturated heterocycles. The molecule has 0 radical (unpaired) electrons. The topological polar surface area (TPSA) is 0 Å². The summed E-state index contributed by atoms with van der Waals surface area (Å²) in [7, 11) is 0. The van der Waals surface area contributed by atoms with Crippen molar-refractivity contribution >= 4 is 0 Å². The van der Waals surface area contributed by atoms with Gasteiger partial charge in [-0.2, -0.15) is 0 Å². The Morgan fingerprint density at radius 3 is 1.22 bits per heavy atom. The highest BCUT2D eigenvalue weighted by Crippen LogP contribution is 1.97. The smallest absolute Gasteiger partial charge is 0.0169 e. The van der Waals surface area contributed by atoms with Crippen molar-refractivity contribution in [2.24, 2.45) is 0 Å². The molecule has 0 aromatic carbocycles. The van der Waals surface area contributed by atoms with Crippen LogP contribution in [0.1, 0.15) is 33.1 Å². The van der Waals surface area contributed by atoms with E-state index in [4.69, 9.17) is 0 Å². The summed E-state index contributed by atoms with van der Waals surface area (Å²) < 4.78 is 0. The molecular formula is C9H16. The van der Waals surface area contributed by atoms with Crippen molar-refractivity contribution in [3.8, 4) is 0 Å². The van der Waals surface area contributed by atoms with Crippen molar-refractivity contribution < 1.29 is 0 Å². The lowest BCUT2D eigenvalue weighted by Crippen LogP contribution is -1.66. The molecule has 9 heavy (non-hydrogen) atoms. The zero-order valence-corrected chi connectivity index (χ0v) is 6.43. The maximum Gasteiger partial charge on any atom is -0.0169 e. The first kappa shape index (κ1) is 8.48. The van der Waals surface area contributed by atoms with Crippen molar-refractivity contribution in [1.29, 1.82) is 0 Å². The predicted octanol–water partition coefficient (Wildman–Crippen LogP) is 3.31. The van der Waals surface area contributed by atoms with Gasteiger partial charge in [0, 0.05) is 0 Å². The number of rotatable bonds is 0. The summed E-state index contributed by atoms with van der Waals surface area (Å²) in [5.74, 6) is 0. The molecule has 0 amide bonds. The van der Waals surface area contributed by atoms with Gasteiger partial charge in [0.15, 0.2) is 0 Å². The first-order chi connectivity index (χ1) is 4.41. The molecule has 1 rings (SSSR count). The summed E-state index contributed by atoms with van der Waals surface area (Å²) in [5, 5.41) is 0. The second-order valence-corrected chi connectivity index (χ2v) is 2.12. The van der Waals surface area contributed by atoms with E-state index in [-0.39, 0.29) is 0 Å². The second kappa shape index (κ2) is 7.48. The minimum absolute atomic E-state index is 1.14. The van der Waals surface area contributed by atoms with Gasteiger partial charge >= 0.3 is 0 Å². The fourth-order valence-corrected chi connectivity index (χ4v) is 0.542. The first-order valence-corrected chi connectivity index (χ1v) is 3.71. The van der Waals surface area contributed by atoms with E-state index in [9.17, 15) is 0 Å². The Bertz CT molecular complexity index is 68.2. The maximum atomic E-state index is 2.18. The molecule has 0 nitrogen and oxygen atoms in total. The van der Waals surface area contributed by atoms with Gasteiger partial charge in [-0.1, -0.05) is 44.6 Å². The van der Waals surface area contributed by atoms with Crippen LogP contribution in [0, 0.1) is 0 Å². The highest BCUT2D eigenvalue weighted by molar-refractivity contribution is 5.02. The fourth-order valence-electron chi connectivity index (χ4n) is 0.542. The third-order valence-corrected chi connectivity index (χ3v) is 0.878. The van der Waals surface area contributed by atoms with Crippen LogP contribution in [0.25, 0.3) is 0 Å². The summed E-state index contributed by atoms with van der Waals surface area (Å²) >= 11 is 0. The molecule has 52 valence electrons. The number of hydrogen-bond acceptors (Lipinski definition) is 0. The van der Waals surface area contributed by atoms with Gasteiger partial charge in [0.2, 0.25) is 0 Å². The Balaban J connectivity index is 0.000000187. The van der Waals surface area contributed by atoms with Crippen LogP contribution in [0.2, 0.25) is 0 Å². The Morgan fingerprint density at radius 1 is 0.889 bits per heavy atom. The quantitative estimate of drug-likeness (QED) is 0.434. The molecule has 0 heteroatoms. The van der Waals surface area contributed by atoms with Gasteiger partial charge in [-0.15, -0.1) is 0 Å². The molecule has 1 aliphatic carbocycles. The first-order valence-electron chi connectivity index (χ1n) is 3.71. The van der Waals surface area contributed by atoms with E-state index >= 15 is 0 Å². The summed E-state index contributed by atoms with van der Waals surface area (Å²) in [6, 6.07) is 0. The minimum Gasteiger partial charge on any atom is -0.0844 e. The van der Waals surface area contributed by atoms with Gasteiger partial charge < -0.3 is 0 Å². The summed E-state index contributed by atoms with van der Waals surface area (Å²) in [4.78, 5) is 0. The highest BCUT2D eigenvalue weighted by Gasteiger charge is 1.76. The van der Waals surface area contributed by atoms with Gasteiger partial charge in [0.05, 0.1) is 0 Å². The molecule has 0 spiro atoms. The van der Waals surface area contributed by atoms with E-state index in [0.717, 1.165) is 12.8 Å². The average molecular weight is 124 g/mol. The van der Waals surface area contributed by atoms with Crippen LogP contribution in [-0.4, -0.2) is 0 Å². The van der Waals surface area contributed by atoms with E-state index in [1.165, 1.54) is 6.42 Å². The minimum atomic E-state index is 1.14. The van der Waals surface area contributed by atoms with E-state index in [2.05, 4.69) is 38.2 Å². The van der Waals surface area contributed by atoms with E-state index in [1.54, 1.807) is 0 Å². The normalized spacial score (nSPS) is 14.4. The molecule has 1 aliphatic rings. The van der Waals surface area contributed by atoms with Crippen molar-refractivity contribution in [2.45, 2.75) is 33.1 Å². The van der Waals surface area contributed by atoms with Gasteiger partial charge in [0.25, 0.3) is 0 Å². The summed E-state index contributed by atoms with van der Waals surface area (Å²) in [6.45, 7) is 4.25. The zero-order valence-electron chi connectivity index (χ0n) is 6.43. The van der Waals surface area contributed by atoms with Crippen LogP contribution < -0.4 is 0 Å². The van der Waals surface area contributed by atoms with Crippen LogP contribution in [0.3, 0.4) is 0 Å². The molecule has 0 N–H and O–H groups in total. The van der Waals surface area contributed by atoms with Crippen LogP contribution in [0.15, 0.2) is 24.3 Å². The maximum absolute atomic E-state index is 2.18. The Morgan fingerprint density at radius 2 is 1.11 bits per heavy atom. The molecule has 0 aromatic rings. The highest BCUT2D eigenvalue weighted by atomic mass is 13.8. The molecule has 0 saturated carbocycles. The van der Waals surface area contributed by atoms with Gasteiger partial charge in [0.1, 0.15) is 0 Å². The van der Waals surface area contributed by atoms with Crippen LogP contribution in [-0.2, 0) is 0 Å². The molecule has 0 bridgehead atoms. The lowest BCUT2D eigenvalue weighted by molar-refractivity contribution is 1.09. The van der Waals surface area contributed by atoms with Crippen LogP contribution in [0.4, 0.5) is 0 Å². The standard InChI is InChI=1S/C6H8.C3H8/c1-2-4-6-5-3-1;1-3-2/h1-2,5-6H,3-4H2;3H2,1-2H3.